The molecule has 0 aliphatic carbocycles. The van der Waals surface area contributed by atoms with E-state index in [9.17, 15) is 0 Å². The Kier molecular flexibility index (Phi) is 4.70. The van der Waals surface area contributed by atoms with E-state index in [-0.39, 0.29) is 0 Å². The lowest BCUT2D eigenvalue weighted by Gasteiger charge is -2.51. The lowest BCUT2D eigenvalue weighted by Crippen LogP contribution is -2.60. The van der Waals surface area contributed by atoms with E-state index in [1.807, 2.05) is 0 Å². The van der Waals surface area contributed by atoms with Crippen molar-refractivity contribution >= 4 is 0 Å². The van der Waals surface area contributed by atoms with Gasteiger partial charge < -0.3 is 0 Å². The van der Waals surface area contributed by atoms with Crippen LogP contribution in [-0.2, 0) is 6.54 Å². The van der Waals surface area contributed by atoms with Crippen molar-refractivity contribution in [1.82, 2.24) is 9.80 Å². The molecule has 4 heterocycles. The number of likely N-dealkylation sites (tertiary alicyclic amines) is 1. The smallest absolute Gasteiger partial charge is 0.0439 e. The van der Waals surface area contributed by atoms with Crippen LogP contribution >= 0.6 is 0 Å². The van der Waals surface area contributed by atoms with Gasteiger partial charge in [0.1, 0.15) is 0 Å². The fourth-order valence-corrected chi connectivity index (χ4v) is 6.64. The van der Waals surface area contributed by atoms with Gasteiger partial charge in [0, 0.05) is 30.6 Å². The zero-order chi connectivity index (χ0) is 19.9. The Labute approximate surface area is 180 Å². The van der Waals surface area contributed by atoms with Gasteiger partial charge in [-0.3, -0.25) is 9.80 Å². The monoisotopic (exact) mass is 394 g/mol. The normalized spacial score (nSPS) is 32.8. The van der Waals surface area contributed by atoms with Crippen LogP contribution in [0.5, 0.6) is 0 Å². The maximum atomic E-state index is 2.88. The van der Waals surface area contributed by atoms with Gasteiger partial charge in [-0.05, 0) is 48.5 Å². The lowest BCUT2D eigenvalue weighted by atomic mass is 9.74. The van der Waals surface area contributed by atoms with Gasteiger partial charge in [0.05, 0.1) is 0 Å². The van der Waals surface area contributed by atoms with Gasteiger partial charge in [-0.2, -0.15) is 0 Å². The molecule has 0 amide bonds. The molecule has 4 atom stereocenters. The molecule has 30 heavy (non-hydrogen) atoms. The molecule has 0 radical (unpaired) electrons. The minimum Gasteiger partial charge on any atom is -0.298 e. The molecule has 3 aromatic rings. The number of nitrogens with zero attached hydrogens (tertiary/aromatic N) is 2. The number of piperidine rings is 3. The molecule has 4 fully saturated rings. The van der Waals surface area contributed by atoms with Crippen LogP contribution in [0.25, 0.3) is 0 Å². The van der Waals surface area contributed by atoms with E-state index in [1.165, 1.54) is 42.6 Å². The summed E-state index contributed by atoms with van der Waals surface area (Å²) in [7, 11) is 0. The molecule has 4 aliphatic heterocycles. The summed E-state index contributed by atoms with van der Waals surface area (Å²) in [5.41, 5.74) is 4.41. The lowest BCUT2D eigenvalue weighted by molar-refractivity contribution is -0.0125. The topological polar surface area (TPSA) is 6.48 Å². The average molecular weight is 395 g/mol. The molecule has 152 valence electrons. The SMILES string of the molecule is c1ccc(CN2[C@@H](c3ccccc3)[C@@H](c3ccccc3)[C@H]3[C@@H]2C2CCN3CC2)cc1. The predicted octanol–water partition coefficient (Wildman–Crippen LogP) is 5.49. The molecule has 0 unspecified atom stereocenters. The molecule has 4 saturated heterocycles. The second-order valence-electron chi connectivity index (χ2n) is 9.30. The first-order valence-corrected chi connectivity index (χ1v) is 11.5. The third-order valence-electron chi connectivity index (χ3n) is 7.81. The van der Waals surface area contributed by atoms with Gasteiger partial charge in [0.25, 0.3) is 0 Å². The summed E-state index contributed by atoms with van der Waals surface area (Å²) < 4.78 is 0. The molecule has 0 aromatic heterocycles. The van der Waals surface area contributed by atoms with Crippen molar-refractivity contribution in [3.63, 3.8) is 0 Å². The zero-order valence-corrected chi connectivity index (χ0v) is 17.5. The highest BCUT2D eigenvalue weighted by Gasteiger charge is 2.57. The van der Waals surface area contributed by atoms with Gasteiger partial charge >= 0.3 is 0 Å². The first-order valence-electron chi connectivity index (χ1n) is 11.5. The Morgan fingerprint density at radius 3 is 1.83 bits per heavy atom. The van der Waals surface area contributed by atoms with E-state index >= 15 is 0 Å². The third-order valence-corrected chi connectivity index (χ3v) is 7.81. The van der Waals surface area contributed by atoms with Crippen LogP contribution in [0, 0.1) is 5.92 Å². The first-order chi connectivity index (χ1) is 14.9. The Balaban J connectivity index is 1.50. The van der Waals surface area contributed by atoms with Crippen LogP contribution in [0.3, 0.4) is 0 Å². The molecular formula is C28H30N2. The van der Waals surface area contributed by atoms with Crippen molar-refractivity contribution in [3.05, 3.63) is 108 Å². The molecule has 4 aliphatic rings. The Bertz CT molecular complexity index is 963. The highest BCUT2D eigenvalue weighted by Crippen LogP contribution is 2.55. The largest absolute Gasteiger partial charge is 0.298 e. The van der Waals surface area contributed by atoms with Crippen molar-refractivity contribution in [3.8, 4) is 0 Å². The van der Waals surface area contributed by atoms with E-state index < -0.39 is 0 Å². The van der Waals surface area contributed by atoms with Crippen molar-refractivity contribution < 1.29 is 0 Å². The van der Waals surface area contributed by atoms with Gasteiger partial charge in [0.2, 0.25) is 0 Å². The molecule has 2 heteroatoms. The fourth-order valence-electron chi connectivity index (χ4n) is 6.64. The van der Waals surface area contributed by atoms with E-state index in [0.29, 0.717) is 24.0 Å². The molecule has 2 nitrogen and oxygen atoms in total. The fraction of sp³-hybridized carbons (Fsp3) is 0.357. The van der Waals surface area contributed by atoms with Crippen LogP contribution in [0.4, 0.5) is 0 Å². The third kappa shape index (κ3) is 3.02. The summed E-state index contributed by atoms with van der Waals surface area (Å²) in [4.78, 5) is 5.70. The first kappa shape index (κ1) is 18.4. The van der Waals surface area contributed by atoms with E-state index in [1.54, 1.807) is 0 Å². The van der Waals surface area contributed by atoms with Crippen molar-refractivity contribution in [2.45, 2.75) is 43.4 Å². The van der Waals surface area contributed by atoms with E-state index in [2.05, 4.69) is 101 Å². The van der Waals surface area contributed by atoms with Crippen LogP contribution in [0.1, 0.15) is 41.5 Å². The number of hydrogen-bond acceptors (Lipinski definition) is 2. The van der Waals surface area contributed by atoms with Gasteiger partial charge in [-0.25, -0.2) is 0 Å². The second kappa shape index (κ2) is 7.68. The van der Waals surface area contributed by atoms with Crippen LogP contribution in [0.2, 0.25) is 0 Å². The van der Waals surface area contributed by atoms with E-state index in [4.69, 9.17) is 0 Å². The zero-order valence-electron chi connectivity index (χ0n) is 17.5. The Morgan fingerprint density at radius 2 is 1.20 bits per heavy atom. The summed E-state index contributed by atoms with van der Waals surface area (Å²) >= 11 is 0. The van der Waals surface area contributed by atoms with Gasteiger partial charge in [-0.15, -0.1) is 0 Å². The number of rotatable bonds is 4. The highest BCUT2D eigenvalue weighted by atomic mass is 15.3. The van der Waals surface area contributed by atoms with Gasteiger partial charge in [0.15, 0.2) is 0 Å². The standard InChI is InChI=1S/C28H30N2/c1-4-10-21(11-5-1)20-30-26(23-14-8-3-9-15-23)25(22-12-6-2-7-13-22)28-27(30)24-16-18-29(28)19-17-24/h1-15,24-28H,16-20H2/t25-,26+,27+,28+/m1/s1. The van der Waals surface area contributed by atoms with Crippen molar-refractivity contribution in [1.29, 1.82) is 0 Å². The summed E-state index contributed by atoms with van der Waals surface area (Å²) in [5, 5.41) is 0. The maximum absolute atomic E-state index is 2.88. The van der Waals surface area contributed by atoms with Crippen LogP contribution in [0.15, 0.2) is 91.0 Å². The molecule has 0 spiro atoms. The van der Waals surface area contributed by atoms with Crippen LogP contribution in [-0.4, -0.2) is 35.0 Å². The molecular weight excluding hydrogens is 364 g/mol. The summed E-state index contributed by atoms with van der Waals surface area (Å²) in [6, 6.07) is 35.4. The van der Waals surface area contributed by atoms with E-state index in [0.717, 1.165) is 12.5 Å². The van der Waals surface area contributed by atoms with Crippen LogP contribution < -0.4 is 0 Å². The molecule has 7 rings (SSSR count). The van der Waals surface area contributed by atoms with Crippen molar-refractivity contribution in [2.24, 2.45) is 5.92 Å². The number of benzene rings is 3. The number of fused-ring (bicyclic) bond motifs is 2. The number of hydrogen-bond donors (Lipinski definition) is 0. The summed E-state index contributed by atoms with van der Waals surface area (Å²) in [6.07, 6.45) is 2.71. The molecule has 0 saturated carbocycles. The summed E-state index contributed by atoms with van der Waals surface area (Å²) in [6.45, 7) is 3.58. The maximum Gasteiger partial charge on any atom is 0.0439 e. The summed E-state index contributed by atoms with van der Waals surface area (Å²) in [5.74, 6) is 1.34. The second-order valence-corrected chi connectivity index (χ2v) is 9.30. The Hall–Kier alpha value is -2.42. The van der Waals surface area contributed by atoms with Gasteiger partial charge in [-0.1, -0.05) is 91.0 Å². The minimum atomic E-state index is 0.421. The predicted molar refractivity (Wildman–Crippen MR) is 122 cm³/mol. The molecule has 0 N–H and O–H groups in total. The minimum absolute atomic E-state index is 0.421. The molecule has 3 aromatic carbocycles. The Morgan fingerprint density at radius 1 is 0.633 bits per heavy atom. The quantitative estimate of drug-likeness (QED) is 0.577. The average Bonchev–Trinajstić information content (AvgIpc) is 3.18. The molecule has 2 bridgehead atoms. The highest BCUT2D eigenvalue weighted by molar-refractivity contribution is 5.35. The van der Waals surface area contributed by atoms with Crippen molar-refractivity contribution in [2.75, 3.05) is 13.1 Å².